The van der Waals surface area contributed by atoms with Crippen molar-refractivity contribution in [3.63, 3.8) is 0 Å². The van der Waals surface area contributed by atoms with Gasteiger partial charge in [0.05, 0.1) is 12.8 Å². The monoisotopic (exact) mass is 412 g/mol. The predicted octanol–water partition coefficient (Wildman–Crippen LogP) is 3.52. The third-order valence-electron chi connectivity index (χ3n) is 4.94. The van der Waals surface area contributed by atoms with E-state index in [0.29, 0.717) is 37.3 Å². The van der Waals surface area contributed by atoms with Crippen LogP contribution in [0, 0.1) is 0 Å². The number of carbonyl (C=O) groups excluding carboxylic acids is 1. The molecular formula is C23H28N2O5. The molecule has 0 aromatic heterocycles. The van der Waals surface area contributed by atoms with E-state index >= 15 is 0 Å². The Labute approximate surface area is 176 Å². The summed E-state index contributed by atoms with van der Waals surface area (Å²) in [6.45, 7) is 6.10. The Morgan fingerprint density at radius 1 is 0.667 bits per heavy atom. The Kier molecular flexibility index (Phi) is 8.41. The van der Waals surface area contributed by atoms with Gasteiger partial charge in [0.15, 0.2) is 5.78 Å². The van der Waals surface area contributed by atoms with Crippen molar-refractivity contribution in [2.75, 3.05) is 36.0 Å². The van der Waals surface area contributed by atoms with Crippen LogP contribution in [0.5, 0.6) is 0 Å². The zero-order chi connectivity index (χ0) is 22.1. The van der Waals surface area contributed by atoms with E-state index in [0.717, 1.165) is 11.4 Å². The molecule has 0 saturated carbocycles. The van der Waals surface area contributed by atoms with Gasteiger partial charge in [-0.15, -0.1) is 0 Å². The number of hydrogen-bond acceptors (Lipinski definition) is 5. The summed E-state index contributed by atoms with van der Waals surface area (Å²) in [6.07, 6.45) is 0.115. The summed E-state index contributed by atoms with van der Waals surface area (Å²) in [6, 6.07) is 14.3. The fourth-order valence-electron chi connectivity index (χ4n) is 3.21. The van der Waals surface area contributed by atoms with E-state index in [1.807, 2.05) is 47.9 Å². The molecule has 2 N–H and O–H groups in total. The molecule has 0 heterocycles. The molecule has 2 aromatic rings. The summed E-state index contributed by atoms with van der Waals surface area (Å²) < 4.78 is 0. The highest BCUT2D eigenvalue weighted by Crippen LogP contribution is 2.20. The van der Waals surface area contributed by atoms with Crippen molar-refractivity contribution < 1.29 is 24.6 Å². The van der Waals surface area contributed by atoms with Gasteiger partial charge in [-0.2, -0.15) is 0 Å². The normalized spacial score (nSPS) is 10.5. The van der Waals surface area contributed by atoms with Crippen LogP contribution < -0.4 is 9.80 Å². The zero-order valence-electron chi connectivity index (χ0n) is 17.4. The van der Waals surface area contributed by atoms with Crippen molar-refractivity contribution in [1.82, 2.24) is 0 Å². The molecular weight excluding hydrogens is 384 g/mol. The molecule has 0 spiro atoms. The summed E-state index contributed by atoms with van der Waals surface area (Å²) in [4.78, 5) is 38.3. The molecule has 0 radical (unpaired) electrons. The standard InChI is InChI=1S/C23H28N2O5/c1-3-24(15-13-21(26)27)19-9-5-17(6-10-19)23(30)18-7-11-20(12-8-18)25(4-2)16-14-22(28)29/h5-12H,3-4,13-16H2,1-2H3,(H,26,27)(H,28,29). The lowest BCUT2D eigenvalue weighted by atomic mass is 10.0. The average molecular weight is 412 g/mol. The van der Waals surface area contributed by atoms with Crippen molar-refractivity contribution in [2.24, 2.45) is 0 Å². The highest BCUT2D eigenvalue weighted by atomic mass is 16.4. The predicted molar refractivity (Wildman–Crippen MR) is 117 cm³/mol. The quantitative estimate of drug-likeness (QED) is 0.515. The van der Waals surface area contributed by atoms with Crippen molar-refractivity contribution in [3.8, 4) is 0 Å². The van der Waals surface area contributed by atoms with Crippen LogP contribution in [0.2, 0.25) is 0 Å². The van der Waals surface area contributed by atoms with E-state index in [-0.39, 0.29) is 18.6 Å². The molecule has 0 aliphatic heterocycles. The van der Waals surface area contributed by atoms with E-state index in [1.54, 1.807) is 24.3 Å². The second kappa shape index (κ2) is 11.0. The summed E-state index contributed by atoms with van der Waals surface area (Å²) in [5.41, 5.74) is 2.86. The molecule has 7 heteroatoms. The molecule has 0 amide bonds. The van der Waals surface area contributed by atoms with Gasteiger partial charge in [0.1, 0.15) is 0 Å². The lowest BCUT2D eigenvalue weighted by Gasteiger charge is -2.23. The van der Waals surface area contributed by atoms with E-state index in [9.17, 15) is 14.4 Å². The molecule has 0 bridgehead atoms. The average Bonchev–Trinajstić information content (AvgIpc) is 2.74. The van der Waals surface area contributed by atoms with Crippen molar-refractivity contribution >= 4 is 29.1 Å². The summed E-state index contributed by atoms with van der Waals surface area (Å²) in [5, 5.41) is 17.7. The molecule has 2 rings (SSSR count). The topological polar surface area (TPSA) is 98.2 Å². The van der Waals surface area contributed by atoms with E-state index in [1.165, 1.54) is 0 Å². The minimum absolute atomic E-state index is 0.0577. The van der Waals surface area contributed by atoms with Crippen molar-refractivity contribution in [1.29, 1.82) is 0 Å². The zero-order valence-corrected chi connectivity index (χ0v) is 17.4. The van der Waals surface area contributed by atoms with Crippen molar-refractivity contribution in [3.05, 3.63) is 59.7 Å². The van der Waals surface area contributed by atoms with Gasteiger partial charge in [0.2, 0.25) is 0 Å². The molecule has 0 aliphatic carbocycles. The Morgan fingerprint density at radius 3 is 1.27 bits per heavy atom. The van der Waals surface area contributed by atoms with Crippen LogP contribution in [0.25, 0.3) is 0 Å². The first-order valence-electron chi connectivity index (χ1n) is 10.0. The number of nitrogens with zero attached hydrogens (tertiary/aromatic N) is 2. The molecule has 7 nitrogen and oxygen atoms in total. The number of benzene rings is 2. The van der Waals surface area contributed by atoms with Crippen LogP contribution in [0.4, 0.5) is 11.4 Å². The third kappa shape index (κ3) is 6.34. The number of carboxylic acid groups (broad SMARTS) is 2. The van der Waals surface area contributed by atoms with Gasteiger partial charge in [-0.1, -0.05) is 0 Å². The van der Waals surface area contributed by atoms with E-state index in [4.69, 9.17) is 10.2 Å². The lowest BCUT2D eigenvalue weighted by Crippen LogP contribution is -2.25. The summed E-state index contributed by atoms with van der Waals surface area (Å²) in [5.74, 6) is -1.78. The second-order valence-electron chi connectivity index (χ2n) is 6.87. The van der Waals surface area contributed by atoms with Crippen molar-refractivity contribution in [2.45, 2.75) is 26.7 Å². The minimum Gasteiger partial charge on any atom is -0.481 e. The number of carbonyl (C=O) groups is 3. The number of ketones is 1. The van der Waals surface area contributed by atoms with Gasteiger partial charge in [-0.3, -0.25) is 14.4 Å². The molecule has 0 saturated heterocycles. The number of carboxylic acids is 2. The maximum absolute atomic E-state index is 12.8. The first-order valence-corrected chi connectivity index (χ1v) is 10.0. The summed E-state index contributed by atoms with van der Waals surface area (Å²) >= 11 is 0. The number of aliphatic carboxylic acids is 2. The van der Waals surface area contributed by atoms with Gasteiger partial charge in [-0.25, -0.2) is 0 Å². The smallest absolute Gasteiger partial charge is 0.305 e. The number of rotatable bonds is 12. The maximum Gasteiger partial charge on any atom is 0.305 e. The largest absolute Gasteiger partial charge is 0.481 e. The van der Waals surface area contributed by atoms with Gasteiger partial charge in [0, 0.05) is 48.7 Å². The fraction of sp³-hybridized carbons (Fsp3) is 0.348. The number of hydrogen-bond donors (Lipinski definition) is 2. The van der Waals surface area contributed by atoms with Crippen LogP contribution in [0.1, 0.15) is 42.6 Å². The third-order valence-corrected chi connectivity index (χ3v) is 4.94. The minimum atomic E-state index is -0.840. The van der Waals surface area contributed by atoms with Gasteiger partial charge < -0.3 is 20.0 Å². The molecule has 0 unspecified atom stereocenters. The molecule has 160 valence electrons. The van der Waals surface area contributed by atoms with Gasteiger partial charge in [-0.05, 0) is 62.4 Å². The van der Waals surface area contributed by atoms with Crippen LogP contribution in [0.15, 0.2) is 48.5 Å². The lowest BCUT2D eigenvalue weighted by molar-refractivity contribution is -0.137. The molecule has 0 atom stereocenters. The van der Waals surface area contributed by atoms with Crippen LogP contribution in [-0.4, -0.2) is 54.1 Å². The first-order chi connectivity index (χ1) is 14.3. The van der Waals surface area contributed by atoms with E-state index in [2.05, 4.69) is 0 Å². The first kappa shape index (κ1) is 22.9. The van der Waals surface area contributed by atoms with Crippen LogP contribution >= 0.6 is 0 Å². The Bertz CT molecular complexity index is 791. The fourth-order valence-corrected chi connectivity index (χ4v) is 3.21. The van der Waals surface area contributed by atoms with E-state index < -0.39 is 11.9 Å². The molecule has 2 aromatic carbocycles. The van der Waals surface area contributed by atoms with Gasteiger partial charge >= 0.3 is 11.9 Å². The second-order valence-corrected chi connectivity index (χ2v) is 6.87. The Morgan fingerprint density at radius 2 is 1.00 bits per heavy atom. The van der Waals surface area contributed by atoms with Crippen LogP contribution in [0.3, 0.4) is 0 Å². The SMILES string of the molecule is CCN(CCC(=O)O)c1ccc(C(=O)c2ccc(N(CC)CCC(=O)O)cc2)cc1. The Hall–Kier alpha value is -3.35. The van der Waals surface area contributed by atoms with Crippen LogP contribution in [-0.2, 0) is 9.59 Å². The summed E-state index contributed by atoms with van der Waals surface area (Å²) in [7, 11) is 0. The highest BCUT2D eigenvalue weighted by Gasteiger charge is 2.13. The molecule has 30 heavy (non-hydrogen) atoms. The Balaban J connectivity index is 2.08. The molecule has 0 fully saturated rings. The highest BCUT2D eigenvalue weighted by molar-refractivity contribution is 6.09. The van der Waals surface area contributed by atoms with Gasteiger partial charge in [0.25, 0.3) is 0 Å². The maximum atomic E-state index is 12.8. The number of anilines is 2. The molecule has 0 aliphatic rings.